The summed E-state index contributed by atoms with van der Waals surface area (Å²) < 4.78 is 28.2. The number of amides is 1. The zero-order chi connectivity index (χ0) is 19.0. The third-order valence-electron chi connectivity index (χ3n) is 5.65. The van der Waals surface area contributed by atoms with Gasteiger partial charge in [-0.25, -0.2) is 14.2 Å². The summed E-state index contributed by atoms with van der Waals surface area (Å²) in [5.41, 5.74) is 18.7. The first-order valence-electron chi connectivity index (χ1n) is 9.05. The van der Waals surface area contributed by atoms with Crippen LogP contribution in [0, 0.1) is 11.8 Å². The van der Waals surface area contributed by atoms with Gasteiger partial charge < -0.3 is 16.9 Å². The SMILES string of the molecule is CC(N)=C(C1=NC2C(F)CC(C(N)=O)CC2NN1)C1CCC(F)CC1Cl. The van der Waals surface area contributed by atoms with Crippen LogP contribution in [0.4, 0.5) is 8.78 Å². The molecule has 2 saturated carbocycles. The number of nitrogens with one attached hydrogen (secondary N) is 2. The molecule has 0 radical (unpaired) electrons. The highest BCUT2D eigenvalue weighted by Gasteiger charge is 2.43. The molecule has 1 amide bonds. The van der Waals surface area contributed by atoms with Gasteiger partial charge in [0.1, 0.15) is 24.2 Å². The van der Waals surface area contributed by atoms with Crippen molar-refractivity contribution in [1.29, 1.82) is 0 Å². The molecule has 7 unspecified atom stereocenters. The predicted molar refractivity (Wildman–Crippen MR) is 96.9 cm³/mol. The van der Waals surface area contributed by atoms with E-state index in [1.54, 1.807) is 6.92 Å². The topological polar surface area (TPSA) is 106 Å². The fraction of sp³-hybridized carbons (Fsp3) is 0.765. The number of halogens is 3. The Kier molecular flexibility index (Phi) is 5.72. The fourth-order valence-electron chi connectivity index (χ4n) is 4.28. The standard InChI is InChI=1S/C17H26ClF2N5O/c1-7(21)14(10-3-2-9(19)6-11(10)18)17-23-15-12(20)4-8(16(22)26)5-13(15)24-25-17/h8-13,15,24H,2-6,21H2,1H3,(H2,22,26)(H,23,25). The second-order valence-corrected chi connectivity index (χ2v) is 8.12. The van der Waals surface area contributed by atoms with Crippen LogP contribution >= 0.6 is 11.6 Å². The van der Waals surface area contributed by atoms with E-state index >= 15 is 0 Å². The summed E-state index contributed by atoms with van der Waals surface area (Å²) in [6.45, 7) is 1.74. The summed E-state index contributed by atoms with van der Waals surface area (Å²) in [5.74, 6) is -0.678. The van der Waals surface area contributed by atoms with Gasteiger partial charge in [-0.3, -0.25) is 9.79 Å². The third-order valence-corrected chi connectivity index (χ3v) is 6.13. The minimum absolute atomic E-state index is 0.0701. The van der Waals surface area contributed by atoms with E-state index in [0.29, 0.717) is 36.4 Å². The molecular formula is C17H26ClF2N5O. The van der Waals surface area contributed by atoms with Gasteiger partial charge in [0.25, 0.3) is 0 Å². The van der Waals surface area contributed by atoms with Crippen LogP contribution < -0.4 is 22.3 Å². The predicted octanol–water partition coefficient (Wildman–Crippen LogP) is 1.44. The highest BCUT2D eigenvalue weighted by atomic mass is 35.5. The normalized spacial score (nSPS) is 41.4. The number of carbonyl (C=O) groups excluding carboxylic acids is 1. The lowest BCUT2D eigenvalue weighted by molar-refractivity contribution is -0.124. The van der Waals surface area contributed by atoms with Crippen molar-refractivity contribution >= 4 is 23.3 Å². The summed E-state index contributed by atoms with van der Waals surface area (Å²) in [5, 5.41) is -0.388. The molecule has 0 bridgehead atoms. The Morgan fingerprint density at radius 3 is 2.58 bits per heavy atom. The van der Waals surface area contributed by atoms with E-state index in [9.17, 15) is 13.6 Å². The molecule has 6 N–H and O–H groups in total. The molecule has 0 aromatic carbocycles. The lowest BCUT2D eigenvalue weighted by atomic mass is 9.79. The molecule has 0 spiro atoms. The molecule has 1 heterocycles. The molecular weight excluding hydrogens is 364 g/mol. The van der Waals surface area contributed by atoms with Crippen molar-refractivity contribution in [2.45, 2.75) is 68.8 Å². The number of amidine groups is 1. The maximum atomic E-state index is 14.6. The number of hydrogen-bond donors (Lipinski definition) is 4. The molecule has 1 aliphatic heterocycles. The molecule has 146 valence electrons. The Morgan fingerprint density at radius 1 is 1.23 bits per heavy atom. The summed E-state index contributed by atoms with van der Waals surface area (Å²) in [6.07, 6.45) is -0.432. The highest BCUT2D eigenvalue weighted by molar-refractivity contribution is 6.21. The van der Waals surface area contributed by atoms with E-state index in [4.69, 9.17) is 23.1 Å². The molecule has 7 atom stereocenters. The van der Waals surface area contributed by atoms with Gasteiger partial charge >= 0.3 is 0 Å². The van der Waals surface area contributed by atoms with Crippen LogP contribution in [-0.2, 0) is 4.79 Å². The van der Waals surface area contributed by atoms with Crippen LogP contribution in [0.1, 0.15) is 39.0 Å². The Hall–Kier alpha value is -1.41. The van der Waals surface area contributed by atoms with Gasteiger partial charge in [0.2, 0.25) is 5.91 Å². The monoisotopic (exact) mass is 389 g/mol. The average Bonchev–Trinajstić information content (AvgIpc) is 2.57. The smallest absolute Gasteiger partial charge is 0.220 e. The average molecular weight is 390 g/mol. The number of aliphatic imine (C=N–C) groups is 1. The largest absolute Gasteiger partial charge is 0.402 e. The number of carbonyl (C=O) groups is 1. The van der Waals surface area contributed by atoms with Crippen LogP contribution in [0.5, 0.6) is 0 Å². The van der Waals surface area contributed by atoms with E-state index in [-0.39, 0.29) is 30.2 Å². The summed E-state index contributed by atoms with van der Waals surface area (Å²) in [6, 6.07) is -0.949. The first-order valence-corrected chi connectivity index (χ1v) is 9.49. The van der Waals surface area contributed by atoms with Crippen molar-refractivity contribution in [3.63, 3.8) is 0 Å². The lowest BCUT2D eigenvalue weighted by Crippen LogP contribution is -2.61. The molecule has 2 fully saturated rings. The molecule has 0 aromatic rings. The number of nitrogens with zero attached hydrogens (tertiary/aromatic N) is 1. The first kappa shape index (κ1) is 19.4. The van der Waals surface area contributed by atoms with Crippen LogP contribution in [0.15, 0.2) is 16.3 Å². The van der Waals surface area contributed by atoms with Crippen LogP contribution in [-0.4, -0.2) is 41.5 Å². The van der Waals surface area contributed by atoms with Crippen molar-refractivity contribution < 1.29 is 13.6 Å². The second kappa shape index (κ2) is 7.68. The number of hydrazine groups is 1. The van der Waals surface area contributed by atoms with E-state index in [0.717, 1.165) is 0 Å². The quantitative estimate of drug-likeness (QED) is 0.548. The van der Waals surface area contributed by atoms with E-state index < -0.39 is 30.2 Å². The van der Waals surface area contributed by atoms with Crippen molar-refractivity contribution in [3.05, 3.63) is 11.3 Å². The molecule has 9 heteroatoms. The van der Waals surface area contributed by atoms with Crippen molar-refractivity contribution in [3.8, 4) is 0 Å². The van der Waals surface area contributed by atoms with Gasteiger partial charge in [0, 0.05) is 28.5 Å². The van der Waals surface area contributed by atoms with Crippen molar-refractivity contribution in [1.82, 2.24) is 10.9 Å². The zero-order valence-corrected chi connectivity index (χ0v) is 15.5. The summed E-state index contributed by atoms with van der Waals surface area (Å²) in [4.78, 5) is 16.0. The van der Waals surface area contributed by atoms with Gasteiger partial charge in [-0.05, 0) is 39.0 Å². The molecule has 0 saturated heterocycles. The molecule has 3 aliphatic rings. The lowest BCUT2D eigenvalue weighted by Gasteiger charge is -2.41. The number of fused-ring (bicyclic) bond motifs is 1. The zero-order valence-electron chi connectivity index (χ0n) is 14.7. The van der Waals surface area contributed by atoms with E-state index in [2.05, 4.69) is 15.8 Å². The van der Waals surface area contributed by atoms with Crippen LogP contribution in [0.3, 0.4) is 0 Å². The fourth-order valence-corrected chi connectivity index (χ4v) is 4.73. The Balaban J connectivity index is 1.83. The van der Waals surface area contributed by atoms with Gasteiger partial charge in [0.05, 0.1) is 6.04 Å². The van der Waals surface area contributed by atoms with Crippen LogP contribution in [0.25, 0.3) is 0 Å². The third kappa shape index (κ3) is 3.81. The van der Waals surface area contributed by atoms with Gasteiger partial charge in [-0.2, -0.15) is 0 Å². The molecule has 26 heavy (non-hydrogen) atoms. The number of primary amides is 1. The molecule has 2 aliphatic carbocycles. The van der Waals surface area contributed by atoms with Crippen molar-refractivity contribution in [2.75, 3.05) is 0 Å². The Labute approximate surface area is 156 Å². The molecule has 0 aromatic heterocycles. The molecule has 6 nitrogen and oxygen atoms in total. The summed E-state index contributed by atoms with van der Waals surface area (Å²) in [7, 11) is 0. The van der Waals surface area contributed by atoms with Crippen molar-refractivity contribution in [2.24, 2.45) is 28.3 Å². The van der Waals surface area contributed by atoms with Gasteiger partial charge in [-0.15, -0.1) is 11.6 Å². The first-order chi connectivity index (χ1) is 12.3. The summed E-state index contributed by atoms with van der Waals surface area (Å²) >= 11 is 6.40. The Morgan fingerprint density at radius 2 is 1.96 bits per heavy atom. The van der Waals surface area contributed by atoms with E-state index in [1.165, 1.54) is 0 Å². The maximum absolute atomic E-state index is 14.6. The minimum Gasteiger partial charge on any atom is -0.402 e. The maximum Gasteiger partial charge on any atom is 0.220 e. The minimum atomic E-state index is -1.27. The van der Waals surface area contributed by atoms with Gasteiger partial charge in [-0.1, -0.05) is 0 Å². The van der Waals surface area contributed by atoms with Crippen LogP contribution in [0.2, 0.25) is 0 Å². The number of nitrogens with two attached hydrogens (primary N) is 2. The van der Waals surface area contributed by atoms with E-state index in [1.807, 2.05) is 0 Å². The number of rotatable bonds is 3. The molecule has 3 rings (SSSR count). The Bertz CT molecular complexity index is 624. The number of allylic oxidation sites excluding steroid dienone is 1. The second-order valence-electron chi connectivity index (χ2n) is 7.56. The highest BCUT2D eigenvalue weighted by Crippen LogP contribution is 2.37. The van der Waals surface area contributed by atoms with Gasteiger partial charge in [0.15, 0.2) is 0 Å². The number of alkyl halides is 3. The number of hydrogen-bond acceptors (Lipinski definition) is 5.